The Morgan fingerprint density at radius 3 is 2.69 bits per heavy atom. The van der Waals surface area contributed by atoms with Crippen molar-refractivity contribution in [1.82, 2.24) is 4.98 Å². The van der Waals surface area contributed by atoms with Crippen LogP contribution in [0.3, 0.4) is 0 Å². The fraction of sp³-hybridized carbons (Fsp3) is 0.500. The van der Waals surface area contributed by atoms with Crippen LogP contribution in [0.1, 0.15) is 35.8 Å². The average Bonchev–Trinajstić information content (AvgIpc) is 2.35. The zero-order valence-electron chi connectivity index (χ0n) is 9.95. The molecule has 0 fully saturated rings. The van der Waals surface area contributed by atoms with Crippen LogP contribution in [-0.2, 0) is 11.2 Å². The lowest BCUT2D eigenvalue weighted by Gasteiger charge is -2.08. The number of carbonyl (C=O) groups excluding carboxylic acids is 1. The fourth-order valence-electron chi connectivity index (χ4n) is 1.42. The molecule has 4 heteroatoms. The van der Waals surface area contributed by atoms with Gasteiger partial charge in [-0.25, -0.2) is 9.78 Å². The third-order valence-corrected chi connectivity index (χ3v) is 2.33. The molecule has 16 heavy (non-hydrogen) atoms. The number of rotatable bonds is 5. The van der Waals surface area contributed by atoms with Crippen molar-refractivity contribution >= 4 is 5.97 Å². The molecule has 0 amide bonds. The van der Waals surface area contributed by atoms with Gasteiger partial charge in [0.25, 0.3) is 0 Å². The van der Waals surface area contributed by atoms with Crippen LogP contribution in [0.25, 0.3) is 0 Å². The molecule has 1 rings (SSSR count). The topological polar surface area (TPSA) is 48.4 Å². The van der Waals surface area contributed by atoms with Crippen LogP contribution in [0.4, 0.5) is 0 Å². The number of aromatic nitrogens is 1. The second-order valence-electron chi connectivity index (χ2n) is 3.46. The maximum atomic E-state index is 11.3. The van der Waals surface area contributed by atoms with Crippen molar-refractivity contribution < 1.29 is 14.3 Å². The Labute approximate surface area is 95.6 Å². The highest BCUT2D eigenvalue weighted by Gasteiger charge is 2.11. The van der Waals surface area contributed by atoms with Crippen LogP contribution in [-0.4, -0.2) is 25.2 Å². The summed E-state index contributed by atoms with van der Waals surface area (Å²) in [6.07, 6.45) is 3.10. The Bertz CT molecular complexity index is 363. The third kappa shape index (κ3) is 2.95. The van der Waals surface area contributed by atoms with E-state index < -0.39 is 5.97 Å². The largest absolute Gasteiger partial charge is 0.481 e. The molecular formula is C12H17NO3. The summed E-state index contributed by atoms with van der Waals surface area (Å²) in [6.45, 7) is 2.13. The van der Waals surface area contributed by atoms with Crippen molar-refractivity contribution in [1.29, 1.82) is 0 Å². The summed E-state index contributed by atoms with van der Waals surface area (Å²) in [5, 5.41) is 0. The highest BCUT2D eigenvalue weighted by Crippen LogP contribution is 2.18. The number of esters is 1. The monoisotopic (exact) mass is 223 g/mol. The number of carbonyl (C=O) groups is 1. The predicted octanol–water partition coefficient (Wildman–Crippen LogP) is 2.22. The average molecular weight is 223 g/mol. The lowest BCUT2D eigenvalue weighted by atomic mass is 10.1. The second-order valence-corrected chi connectivity index (χ2v) is 3.46. The molecule has 0 saturated carbocycles. The molecule has 4 nitrogen and oxygen atoms in total. The van der Waals surface area contributed by atoms with Crippen LogP contribution in [0, 0.1) is 0 Å². The van der Waals surface area contributed by atoms with Gasteiger partial charge in [0.15, 0.2) is 5.69 Å². The van der Waals surface area contributed by atoms with E-state index in [1.54, 1.807) is 13.2 Å². The van der Waals surface area contributed by atoms with E-state index in [-0.39, 0.29) is 5.69 Å². The Kier molecular flexibility index (Phi) is 4.76. The molecule has 0 aliphatic heterocycles. The second kappa shape index (κ2) is 6.10. The quantitative estimate of drug-likeness (QED) is 0.718. The molecule has 1 aromatic heterocycles. The van der Waals surface area contributed by atoms with E-state index in [2.05, 4.69) is 16.6 Å². The van der Waals surface area contributed by atoms with Gasteiger partial charge in [-0.1, -0.05) is 19.4 Å². The smallest absolute Gasteiger partial charge is 0.356 e. The maximum Gasteiger partial charge on any atom is 0.356 e. The van der Waals surface area contributed by atoms with E-state index in [9.17, 15) is 4.79 Å². The van der Waals surface area contributed by atoms with E-state index in [0.29, 0.717) is 5.88 Å². The van der Waals surface area contributed by atoms with E-state index in [4.69, 9.17) is 4.74 Å². The summed E-state index contributed by atoms with van der Waals surface area (Å²) < 4.78 is 9.76. The van der Waals surface area contributed by atoms with Gasteiger partial charge in [0.2, 0.25) is 5.88 Å². The number of nitrogens with zero attached hydrogens (tertiary/aromatic N) is 1. The molecule has 0 atom stereocenters. The SMILES string of the molecule is CCCCc1ccc(C(=O)OC)nc1OC. The van der Waals surface area contributed by atoms with Crippen molar-refractivity contribution in [3.05, 3.63) is 23.4 Å². The summed E-state index contributed by atoms with van der Waals surface area (Å²) in [5.74, 6) is 0.0664. The number of methoxy groups -OCH3 is 2. The third-order valence-electron chi connectivity index (χ3n) is 2.33. The number of hydrogen-bond acceptors (Lipinski definition) is 4. The summed E-state index contributed by atoms with van der Waals surface area (Å²) in [6, 6.07) is 3.53. The van der Waals surface area contributed by atoms with Gasteiger partial charge in [0, 0.05) is 5.56 Å². The van der Waals surface area contributed by atoms with Gasteiger partial charge in [-0.2, -0.15) is 0 Å². The molecule has 1 heterocycles. The van der Waals surface area contributed by atoms with E-state index in [1.807, 2.05) is 6.07 Å². The molecule has 0 spiro atoms. The van der Waals surface area contributed by atoms with Gasteiger partial charge < -0.3 is 9.47 Å². The summed E-state index contributed by atoms with van der Waals surface area (Å²) in [7, 11) is 2.89. The lowest BCUT2D eigenvalue weighted by Crippen LogP contribution is -2.06. The number of aryl methyl sites for hydroxylation is 1. The molecule has 0 N–H and O–H groups in total. The van der Waals surface area contributed by atoms with Gasteiger partial charge in [0.05, 0.1) is 14.2 Å². The lowest BCUT2D eigenvalue weighted by molar-refractivity contribution is 0.0593. The summed E-state index contributed by atoms with van der Waals surface area (Å²) >= 11 is 0. The summed E-state index contributed by atoms with van der Waals surface area (Å²) in [5.41, 5.74) is 1.30. The molecule has 0 radical (unpaired) electrons. The number of pyridine rings is 1. The van der Waals surface area contributed by atoms with E-state index >= 15 is 0 Å². The Balaban J connectivity index is 2.92. The van der Waals surface area contributed by atoms with Crippen LogP contribution >= 0.6 is 0 Å². The van der Waals surface area contributed by atoms with Crippen molar-refractivity contribution in [2.24, 2.45) is 0 Å². The van der Waals surface area contributed by atoms with Crippen molar-refractivity contribution in [2.45, 2.75) is 26.2 Å². The predicted molar refractivity (Wildman–Crippen MR) is 60.7 cm³/mol. The first-order valence-corrected chi connectivity index (χ1v) is 5.35. The first-order valence-electron chi connectivity index (χ1n) is 5.35. The normalized spacial score (nSPS) is 9.94. The number of unbranched alkanes of at least 4 members (excludes halogenated alkanes) is 1. The zero-order valence-corrected chi connectivity index (χ0v) is 9.95. The first kappa shape index (κ1) is 12.5. The minimum Gasteiger partial charge on any atom is -0.481 e. The number of hydrogen-bond donors (Lipinski definition) is 0. The summed E-state index contributed by atoms with van der Waals surface area (Å²) in [4.78, 5) is 15.4. The van der Waals surface area contributed by atoms with Crippen molar-refractivity contribution in [2.75, 3.05) is 14.2 Å². The van der Waals surface area contributed by atoms with E-state index in [0.717, 1.165) is 24.8 Å². The minimum absolute atomic E-state index is 0.277. The Morgan fingerprint density at radius 1 is 1.38 bits per heavy atom. The molecule has 88 valence electrons. The Morgan fingerprint density at radius 2 is 2.12 bits per heavy atom. The van der Waals surface area contributed by atoms with E-state index in [1.165, 1.54) is 7.11 Å². The van der Waals surface area contributed by atoms with Gasteiger partial charge in [-0.05, 0) is 18.9 Å². The zero-order chi connectivity index (χ0) is 12.0. The minimum atomic E-state index is -0.444. The fourth-order valence-corrected chi connectivity index (χ4v) is 1.42. The highest BCUT2D eigenvalue weighted by molar-refractivity contribution is 5.87. The van der Waals surface area contributed by atoms with Crippen LogP contribution < -0.4 is 4.74 Å². The maximum absolute atomic E-state index is 11.3. The van der Waals surface area contributed by atoms with Gasteiger partial charge in [-0.15, -0.1) is 0 Å². The molecular weight excluding hydrogens is 206 g/mol. The van der Waals surface area contributed by atoms with Crippen LogP contribution in [0.2, 0.25) is 0 Å². The standard InChI is InChI=1S/C12H17NO3/c1-4-5-6-9-7-8-10(12(14)16-3)13-11(9)15-2/h7-8H,4-6H2,1-3H3. The van der Waals surface area contributed by atoms with Gasteiger partial charge >= 0.3 is 5.97 Å². The molecule has 0 bridgehead atoms. The Hall–Kier alpha value is -1.58. The molecule has 0 saturated heterocycles. The molecule has 0 unspecified atom stereocenters. The van der Waals surface area contributed by atoms with Gasteiger partial charge in [0.1, 0.15) is 0 Å². The van der Waals surface area contributed by atoms with Crippen LogP contribution in [0.5, 0.6) is 5.88 Å². The molecule has 0 aliphatic carbocycles. The van der Waals surface area contributed by atoms with Gasteiger partial charge in [-0.3, -0.25) is 0 Å². The highest BCUT2D eigenvalue weighted by atomic mass is 16.5. The molecule has 0 aromatic carbocycles. The first-order chi connectivity index (χ1) is 7.72. The molecule has 0 aliphatic rings. The van der Waals surface area contributed by atoms with Crippen LogP contribution in [0.15, 0.2) is 12.1 Å². The van der Waals surface area contributed by atoms with Crippen molar-refractivity contribution in [3.63, 3.8) is 0 Å². The molecule has 1 aromatic rings. The number of ether oxygens (including phenoxy) is 2. The van der Waals surface area contributed by atoms with Crippen molar-refractivity contribution in [3.8, 4) is 5.88 Å².